The fourth-order valence-corrected chi connectivity index (χ4v) is 2.70. The zero-order valence-corrected chi connectivity index (χ0v) is 12.5. The number of nitrogens with one attached hydrogen (secondary N) is 1. The lowest BCUT2D eigenvalue weighted by Crippen LogP contribution is -2.39. The van der Waals surface area contributed by atoms with Crippen molar-refractivity contribution >= 4 is 0 Å². The molecule has 2 heterocycles. The van der Waals surface area contributed by atoms with E-state index in [-0.39, 0.29) is 0 Å². The van der Waals surface area contributed by atoms with Crippen molar-refractivity contribution in [2.75, 3.05) is 19.6 Å². The Kier molecular flexibility index (Phi) is 5.34. The molecular weight excluding hydrogens is 238 g/mol. The van der Waals surface area contributed by atoms with Crippen LogP contribution in [0.3, 0.4) is 0 Å². The molecule has 1 aliphatic heterocycles. The van der Waals surface area contributed by atoms with Gasteiger partial charge in [0, 0.05) is 25.6 Å². The van der Waals surface area contributed by atoms with Gasteiger partial charge in [-0.25, -0.2) is 0 Å². The first kappa shape index (κ1) is 14.5. The Bertz CT molecular complexity index is 383. The summed E-state index contributed by atoms with van der Waals surface area (Å²) in [6.45, 7) is 11.9. The zero-order valence-electron chi connectivity index (χ0n) is 12.5. The Morgan fingerprint density at radius 2 is 2.05 bits per heavy atom. The summed E-state index contributed by atoms with van der Waals surface area (Å²) in [4.78, 5) is 2.44. The summed E-state index contributed by atoms with van der Waals surface area (Å²) >= 11 is 0. The van der Waals surface area contributed by atoms with Gasteiger partial charge in [0.1, 0.15) is 11.6 Å². The average Bonchev–Trinajstić information content (AvgIpc) is 2.86. The smallest absolute Gasteiger partial charge is 0.147 e. The molecule has 0 bridgehead atoms. The van der Waals surface area contributed by atoms with Crippen LogP contribution in [0, 0.1) is 0 Å². The maximum absolute atomic E-state index is 4.33. The molecule has 5 nitrogen and oxygen atoms in total. The molecule has 1 atom stereocenters. The number of hydrogen-bond acceptors (Lipinski definition) is 4. The number of fused-ring (bicyclic) bond motifs is 1. The molecule has 0 amide bonds. The van der Waals surface area contributed by atoms with Gasteiger partial charge in [-0.05, 0) is 32.9 Å². The van der Waals surface area contributed by atoms with Crippen LogP contribution >= 0.6 is 0 Å². The van der Waals surface area contributed by atoms with E-state index in [0.717, 1.165) is 45.0 Å². The van der Waals surface area contributed by atoms with Crippen LogP contribution in [-0.4, -0.2) is 45.3 Å². The van der Waals surface area contributed by atoms with Crippen molar-refractivity contribution in [2.24, 2.45) is 0 Å². The summed E-state index contributed by atoms with van der Waals surface area (Å²) in [6, 6.07) is 0.483. The van der Waals surface area contributed by atoms with Crippen molar-refractivity contribution in [2.45, 2.75) is 59.2 Å². The number of likely N-dealkylation sites (N-methyl/N-ethyl adjacent to an activating group) is 1. The highest BCUT2D eigenvalue weighted by atomic mass is 15.3. The van der Waals surface area contributed by atoms with Gasteiger partial charge in [0.15, 0.2) is 0 Å². The van der Waals surface area contributed by atoms with Crippen LogP contribution in [0.4, 0.5) is 0 Å². The van der Waals surface area contributed by atoms with Crippen LogP contribution in [0.2, 0.25) is 0 Å². The minimum Gasteiger partial charge on any atom is -0.314 e. The fraction of sp³-hybridized carbons (Fsp3) is 0.857. The molecule has 108 valence electrons. The van der Waals surface area contributed by atoms with Crippen molar-refractivity contribution in [3.05, 3.63) is 11.6 Å². The van der Waals surface area contributed by atoms with Gasteiger partial charge in [0.2, 0.25) is 0 Å². The standard InChI is InChI=1S/C14H27N5/c1-4-18(5-2)11-12(3)15-10-14-17-16-13-8-6-7-9-19(13)14/h12,15H,4-11H2,1-3H3. The molecule has 0 aliphatic carbocycles. The largest absolute Gasteiger partial charge is 0.314 e. The van der Waals surface area contributed by atoms with Crippen LogP contribution in [-0.2, 0) is 19.5 Å². The van der Waals surface area contributed by atoms with E-state index >= 15 is 0 Å². The molecule has 0 spiro atoms. The maximum Gasteiger partial charge on any atom is 0.147 e. The third kappa shape index (κ3) is 3.76. The molecule has 1 aromatic rings. The van der Waals surface area contributed by atoms with E-state index in [1.165, 1.54) is 18.7 Å². The van der Waals surface area contributed by atoms with Crippen LogP contribution in [0.1, 0.15) is 45.3 Å². The van der Waals surface area contributed by atoms with Crippen LogP contribution in [0.25, 0.3) is 0 Å². The molecule has 0 radical (unpaired) electrons. The van der Waals surface area contributed by atoms with Crippen LogP contribution in [0.5, 0.6) is 0 Å². The number of rotatable bonds is 7. The average molecular weight is 265 g/mol. The SMILES string of the molecule is CCN(CC)CC(C)NCc1nnc2n1CCCC2. The van der Waals surface area contributed by atoms with E-state index < -0.39 is 0 Å². The topological polar surface area (TPSA) is 46.0 Å². The second-order valence-corrected chi connectivity index (χ2v) is 5.41. The molecule has 0 saturated carbocycles. The predicted molar refractivity (Wildman–Crippen MR) is 77.0 cm³/mol. The highest BCUT2D eigenvalue weighted by Gasteiger charge is 2.16. The third-order valence-corrected chi connectivity index (χ3v) is 3.97. The fourth-order valence-electron chi connectivity index (χ4n) is 2.70. The third-order valence-electron chi connectivity index (χ3n) is 3.97. The lowest BCUT2D eigenvalue weighted by molar-refractivity contribution is 0.269. The van der Waals surface area contributed by atoms with Crippen molar-refractivity contribution in [3.8, 4) is 0 Å². The van der Waals surface area contributed by atoms with Crippen molar-refractivity contribution in [1.82, 2.24) is 25.0 Å². The van der Waals surface area contributed by atoms with Gasteiger partial charge in [-0.1, -0.05) is 13.8 Å². The van der Waals surface area contributed by atoms with Gasteiger partial charge in [0.25, 0.3) is 0 Å². The second kappa shape index (κ2) is 7.01. The summed E-state index contributed by atoms with van der Waals surface area (Å²) in [5.74, 6) is 2.26. The van der Waals surface area contributed by atoms with Crippen LogP contribution in [0.15, 0.2) is 0 Å². The molecule has 5 heteroatoms. The van der Waals surface area contributed by atoms with E-state index in [2.05, 4.69) is 45.8 Å². The number of aryl methyl sites for hydroxylation is 1. The molecule has 0 aromatic carbocycles. The first-order valence-corrected chi connectivity index (χ1v) is 7.61. The van der Waals surface area contributed by atoms with E-state index in [1.54, 1.807) is 0 Å². The Balaban J connectivity index is 1.83. The first-order valence-electron chi connectivity index (χ1n) is 7.61. The molecule has 2 rings (SSSR count). The summed E-state index contributed by atoms with van der Waals surface area (Å²) in [7, 11) is 0. The summed E-state index contributed by atoms with van der Waals surface area (Å²) < 4.78 is 2.29. The lowest BCUT2D eigenvalue weighted by atomic mass is 10.1. The summed E-state index contributed by atoms with van der Waals surface area (Å²) in [5.41, 5.74) is 0. The lowest BCUT2D eigenvalue weighted by Gasteiger charge is -2.23. The van der Waals surface area contributed by atoms with E-state index in [0.29, 0.717) is 6.04 Å². The van der Waals surface area contributed by atoms with E-state index in [9.17, 15) is 0 Å². The molecule has 0 saturated heterocycles. The van der Waals surface area contributed by atoms with Gasteiger partial charge in [-0.3, -0.25) is 0 Å². The quantitative estimate of drug-likeness (QED) is 0.810. The molecule has 19 heavy (non-hydrogen) atoms. The summed E-state index contributed by atoms with van der Waals surface area (Å²) in [5, 5.41) is 12.2. The number of nitrogens with zero attached hydrogens (tertiary/aromatic N) is 4. The van der Waals surface area contributed by atoms with Gasteiger partial charge < -0.3 is 14.8 Å². The molecule has 1 aliphatic rings. The van der Waals surface area contributed by atoms with Crippen LogP contribution < -0.4 is 5.32 Å². The first-order chi connectivity index (χ1) is 9.24. The molecule has 1 unspecified atom stereocenters. The van der Waals surface area contributed by atoms with Crippen molar-refractivity contribution in [1.29, 1.82) is 0 Å². The Morgan fingerprint density at radius 3 is 2.79 bits per heavy atom. The minimum atomic E-state index is 0.483. The molecule has 0 fully saturated rings. The number of aromatic nitrogens is 3. The molecule has 1 N–H and O–H groups in total. The van der Waals surface area contributed by atoms with E-state index in [1.807, 2.05) is 0 Å². The van der Waals surface area contributed by atoms with Gasteiger partial charge in [-0.15, -0.1) is 10.2 Å². The highest BCUT2D eigenvalue weighted by molar-refractivity contribution is 4.98. The second-order valence-electron chi connectivity index (χ2n) is 5.41. The Labute approximate surface area is 116 Å². The molecular formula is C14H27N5. The van der Waals surface area contributed by atoms with Gasteiger partial charge >= 0.3 is 0 Å². The predicted octanol–water partition coefficient (Wildman–Crippen LogP) is 1.43. The normalized spacial score (nSPS) is 16.6. The highest BCUT2D eigenvalue weighted by Crippen LogP contribution is 2.14. The zero-order chi connectivity index (χ0) is 13.7. The van der Waals surface area contributed by atoms with Gasteiger partial charge in [0.05, 0.1) is 6.54 Å². The monoisotopic (exact) mass is 265 g/mol. The van der Waals surface area contributed by atoms with E-state index in [4.69, 9.17) is 0 Å². The van der Waals surface area contributed by atoms with Crippen molar-refractivity contribution < 1.29 is 0 Å². The van der Waals surface area contributed by atoms with Crippen molar-refractivity contribution in [3.63, 3.8) is 0 Å². The maximum atomic E-state index is 4.33. The minimum absolute atomic E-state index is 0.483. The number of hydrogen-bond donors (Lipinski definition) is 1. The summed E-state index contributed by atoms with van der Waals surface area (Å²) in [6.07, 6.45) is 3.60. The Morgan fingerprint density at radius 1 is 1.26 bits per heavy atom. The Hall–Kier alpha value is -0.940. The van der Waals surface area contributed by atoms with Gasteiger partial charge in [-0.2, -0.15) is 0 Å². The molecule has 1 aromatic heterocycles.